The maximum Gasteiger partial charge on any atom is 0.165 e. The van der Waals surface area contributed by atoms with Crippen molar-refractivity contribution in [1.29, 1.82) is 0 Å². The molecule has 1 saturated carbocycles. The van der Waals surface area contributed by atoms with Crippen LogP contribution in [0.1, 0.15) is 44.9 Å². The minimum Gasteiger partial charge on any atom is -0.391 e. The lowest BCUT2D eigenvalue weighted by atomic mass is 9.91. The van der Waals surface area contributed by atoms with E-state index < -0.39 is 0 Å². The molecule has 1 aromatic heterocycles. The Kier molecular flexibility index (Phi) is 4.66. The zero-order valence-corrected chi connectivity index (χ0v) is 11.3. The molecule has 2 atom stereocenters. The third kappa shape index (κ3) is 3.05. The summed E-state index contributed by atoms with van der Waals surface area (Å²) >= 11 is 0. The molecule has 2 rings (SSSR count). The van der Waals surface area contributed by atoms with Gasteiger partial charge in [-0.2, -0.15) is 0 Å². The van der Waals surface area contributed by atoms with Crippen molar-refractivity contribution < 1.29 is 5.11 Å². The second-order valence-electron chi connectivity index (χ2n) is 5.15. The molecule has 0 bridgehead atoms. The third-order valence-corrected chi connectivity index (χ3v) is 3.69. The van der Waals surface area contributed by atoms with E-state index in [2.05, 4.69) is 27.3 Å². The van der Waals surface area contributed by atoms with Gasteiger partial charge in [0.1, 0.15) is 0 Å². The molecule has 0 aliphatic heterocycles. The first-order valence-corrected chi connectivity index (χ1v) is 6.85. The summed E-state index contributed by atoms with van der Waals surface area (Å²) in [5, 5.41) is 21.8. The van der Waals surface area contributed by atoms with E-state index in [1.54, 1.807) is 0 Å². The summed E-state index contributed by atoms with van der Waals surface area (Å²) in [5.41, 5.74) is 0. The Bertz CT molecular complexity index is 367. The van der Waals surface area contributed by atoms with E-state index in [0.717, 1.165) is 38.1 Å². The number of aryl methyl sites for hydroxylation is 1. The van der Waals surface area contributed by atoms with Crippen LogP contribution in [-0.2, 0) is 13.1 Å². The lowest BCUT2D eigenvalue weighted by Crippen LogP contribution is -2.43. The molecule has 2 unspecified atom stereocenters. The van der Waals surface area contributed by atoms with Crippen molar-refractivity contribution in [3.63, 3.8) is 0 Å². The number of likely N-dealkylation sites (N-methyl/N-ethyl adjacent to an activating group) is 1. The maximum absolute atomic E-state index is 10.0. The molecule has 0 amide bonds. The Balaban J connectivity index is 1.97. The molecule has 0 spiro atoms. The van der Waals surface area contributed by atoms with E-state index >= 15 is 0 Å². The minimum atomic E-state index is -0.209. The Morgan fingerprint density at radius 1 is 1.39 bits per heavy atom. The van der Waals surface area contributed by atoms with Crippen LogP contribution in [0, 0.1) is 0 Å². The first-order chi connectivity index (χ1) is 8.72. The van der Waals surface area contributed by atoms with Gasteiger partial charge in [-0.3, -0.25) is 4.90 Å². The monoisotopic (exact) mass is 253 g/mol. The van der Waals surface area contributed by atoms with Gasteiger partial charge in [-0.05, 0) is 36.7 Å². The van der Waals surface area contributed by atoms with E-state index in [1.165, 1.54) is 6.42 Å². The average molecular weight is 253 g/mol. The highest BCUT2D eigenvalue weighted by Gasteiger charge is 2.27. The molecule has 6 heteroatoms. The standard InChI is InChI=1S/C12H23N5O/c1-3-8-17-12(13-14-15-17)9-16(2)10-6-4-5-7-11(10)18/h10-11,18H,3-9H2,1-2H3. The van der Waals surface area contributed by atoms with Gasteiger partial charge in [0.05, 0.1) is 12.6 Å². The Morgan fingerprint density at radius 2 is 2.17 bits per heavy atom. The summed E-state index contributed by atoms with van der Waals surface area (Å²) in [6, 6.07) is 0.241. The molecule has 0 radical (unpaired) electrons. The molecule has 1 aromatic rings. The average Bonchev–Trinajstić information content (AvgIpc) is 2.78. The first kappa shape index (κ1) is 13.4. The van der Waals surface area contributed by atoms with Gasteiger partial charge in [0.2, 0.25) is 0 Å². The number of aromatic nitrogens is 4. The van der Waals surface area contributed by atoms with Crippen LogP contribution in [0.15, 0.2) is 0 Å². The molecule has 1 heterocycles. The van der Waals surface area contributed by atoms with Crippen molar-refractivity contribution in [3.8, 4) is 0 Å². The number of hydrogen-bond donors (Lipinski definition) is 1. The van der Waals surface area contributed by atoms with E-state index in [4.69, 9.17) is 0 Å². The highest BCUT2D eigenvalue weighted by molar-refractivity contribution is 4.86. The Morgan fingerprint density at radius 3 is 2.89 bits per heavy atom. The van der Waals surface area contributed by atoms with Crippen molar-refractivity contribution in [2.75, 3.05) is 7.05 Å². The number of hydrogen-bond acceptors (Lipinski definition) is 5. The van der Waals surface area contributed by atoms with Crippen molar-refractivity contribution in [2.45, 2.75) is 64.3 Å². The number of aliphatic hydroxyl groups is 1. The highest BCUT2D eigenvalue weighted by atomic mass is 16.3. The molecule has 1 N–H and O–H groups in total. The van der Waals surface area contributed by atoms with Gasteiger partial charge in [0, 0.05) is 12.6 Å². The molecule has 18 heavy (non-hydrogen) atoms. The normalized spacial score (nSPS) is 24.7. The smallest absolute Gasteiger partial charge is 0.165 e. The molecule has 102 valence electrons. The van der Waals surface area contributed by atoms with Crippen LogP contribution < -0.4 is 0 Å². The molecule has 0 aromatic carbocycles. The lowest BCUT2D eigenvalue weighted by molar-refractivity contribution is 0.0272. The van der Waals surface area contributed by atoms with Gasteiger partial charge in [0.25, 0.3) is 0 Å². The van der Waals surface area contributed by atoms with Gasteiger partial charge < -0.3 is 5.11 Å². The Hall–Kier alpha value is -1.01. The molecular weight excluding hydrogens is 230 g/mol. The maximum atomic E-state index is 10.0. The summed E-state index contributed by atoms with van der Waals surface area (Å²) in [6.07, 6.45) is 5.13. The van der Waals surface area contributed by atoms with Crippen LogP contribution >= 0.6 is 0 Å². The van der Waals surface area contributed by atoms with Crippen LogP contribution in [0.3, 0.4) is 0 Å². The summed E-state index contributed by atoms with van der Waals surface area (Å²) < 4.78 is 1.85. The van der Waals surface area contributed by atoms with Crippen molar-refractivity contribution in [1.82, 2.24) is 25.1 Å². The van der Waals surface area contributed by atoms with Gasteiger partial charge in [-0.25, -0.2) is 4.68 Å². The third-order valence-electron chi connectivity index (χ3n) is 3.69. The fraction of sp³-hybridized carbons (Fsp3) is 0.917. The fourth-order valence-corrected chi connectivity index (χ4v) is 2.67. The first-order valence-electron chi connectivity index (χ1n) is 6.85. The second kappa shape index (κ2) is 6.24. The van der Waals surface area contributed by atoms with Gasteiger partial charge in [-0.1, -0.05) is 19.8 Å². The van der Waals surface area contributed by atoms with Gasteiger partial charge in [0.15, 0.2) is 5.82 Å². The molecule has 0 saturated heterocycles. The van der Waals surface area contributed by atoms with Crippen molar-refractivity contribution >= 4 is 0 Å². The van der Waals surface area contributed by atoms with Crippen molar-refractivity contribution in [3.05, 3.63) is 5.82 Å². The van der Waals surface area contributed by atoms with Gasteiger partial charge >= 0.3 is 0 Å². The Labute approximate surface area is 108 Å². The largest absolute Gasteiger partial charge is 0.391 e. The second-order valence-corrected chi connectivity index (χ2v) is 5.15. The van der Waals surface area contributed by atoms with E-state index in [0.29, 0.717) is 6.54 Å². The highest BCUT2D eigenvalue weighted by Crippen LogP contribution is 2.23. The number of tetrazole rings is 1. The SMILES string of the molecule is CCCn1nnnc1CN(C)C1CCCCC1O. The predicted octanol–water partition coefficient (Wildman–Crippen LogP) is 0.818. The molecule has 6 nitrogen and oxygen atoms in total. The zero-order valence-electron chi connectivity index (χ0n) is 11.3. The summed E-state index contributed by atoms with van der Waals surface area (Å²) in [6.45, 7) is 3.66. The van der Waals surface area contributed by atoms with Gasteiger partial charge in [-0.15, -0.1) is 5.10 Å². The number of aliphatic hydroxyl groups excluding tert-OH is 1. The van der Waals surface area contributed by atoms with Crippen LogP contribution in [0.25, 0.3) is 0 Å². The van der Waals surface area contributed by atoms with Crippen LogP contribution in [-0.4, -0.2) is 49.4 Å². The topological polar surface area (TPSA) is 67.1 Å². The van der Waals surface area contributed by atoms with Crippen LogP contribution in [0.5, 0.6) is 0 Å². The summed E-state index contributed by atoms with van der Waals surface area (Å²) in [5.74, 6) is 0.886. The van der Waals surface area contributed by atoms with Crippen LogP contribution in [0.4, 0.5) is 0 Å². The minimum absolute atomic E-state index is 0.209. The quantitative estimate of drug-likeness (QED) is 0.841. The van der Waals surface area contributed by atoms with E-state index in [9.17, 15) is 5.11 Å². The molecular formula is C12H23N5O. The lowest BCUT2D eigenvalue weighted by Gasteiger charge is -2.34. The predicted molar refractivity (Wildman–Crippen MR) is 67.8 cm³/mol. The van der Waals surface area contributed by atoms with E-state index in [1.807, 2.05) is 11.7 Å². The number of nitrogens with zero attached hydrogens (tertiary/aromatic N) is 5. The fourth-order valence-electron chi connectivity index (χ4n) is 2.67. The molecule has 1 aliphatic rings. The summed E-state index contributed by atoms with van der Waals surface area (Å²) in [7, 11) is 2.05. The number of rotatable bonds is 5. The molecule has 1 aliphatic carbocycles. The molecule has 1 fully saturated rings. The van der Waals surface area contributed by atoms with Crippen LogP contribution in [0.2, 0.25) is 0 Å². The van der Waals surface area contributed by atoms with E-state index in [-0.39, 0.29) is 12.1 Å². The summed E-state index contributed by atoms with van der Waals surface area (Å²) in [4.78, 5) is 2.18. The van der Waals surface area contributed by atoms with Crippen molar-refractivity contribution in [2.24, 2.45) is 0 Å². The zero-order chi connectivity index (χ0) is 13.0.